The van der Waals surface area contributed by atoms with Crippen LogP contribution >= 0.6 is 13.5 Å². The number of hydrogen-bond acceptors (Lipinski definition) is 9. The van der Waals surface area contributed by atoms with Crippen molar-refractivity contribution in [3.05, 3.63) is 42.6 Å². The molecule has 0 aromatic carbocycles. The Kier molecular flexibility index (Phi) is 6.65. The second-order valence-corrected chi connectivity index (χ2v) is 6.35. The van der Waals surface area contributed by atoms with Crippen LogP contribution in [0, 0.1) is 0 Å². The first-order valence-corrected chi connectivity index (χ1v) is 9.05. The van der Waals surface area contributed by atoms with Crippen LogP contribution in [0.4, 0.5) is 11.8 Å². The Balaban J connectivity index is 0.00000240. The summed E-state index contributed by atoms with van der Waals surface area (Å²) in [5.74, 6) is 2.76. The fourth-order valence-corrected chi connectivity index (χ4v) is 2.93. The van der Waals surface area contributed by atoms with E-state index in [4.69, 9.17) is 9.47 Å². The van der Waals surface area contributed by atoms with Gasteiger partial charge in [0.2, 0.25) is 5.95 Å². The Morgan fingerprint density at radius 1 is 1.07 bits per heavy atom. The minimum Gasteiger partial charge on any atom is -0.484 e. The zero-order chi connectivity index (χ0) is 19.3. The van der Waals surface area contributed by atoms with Gasteiger partial charge in [-0.05, 0) is 6.07 Å². The van der Waals surface area contributed by atoms with Crippen LogP contribution in [0.1, 0.15) is 18.4 Å². The number of nitrogens with one attached hydrogen (secondary N) is 2. The van der Waals surface area contributed by atoms with Crippen molar-refractivity contribution in [2.24, 2.45) is 0 Å². The summed E-state index contributed by atoms with van der Waals surface area (Å²) in [6.07, 6.45) is 6.73. The second-order valence-electron chi connectivity index (χ2n) is 6.35. The molecule has 0 fully saturated rings. The molecule has 0 bridgehead atoms. The Hall–Kier alpha value is -3.14. The number of ether oxygens (including phenoxy) is 2. The first kappa shape index (κ1) is 20.6. The Labute approximate surface area is 175 Å². The van der Waals surface area contributed by atoms with Crippen molar-refractivity contribution in [1.82, 2.24) is 24.9 Å². The van der Waals surface area contributed by atoms with Crippen molar-refractivity contribution >= 4 is 25.3 Å². The molecule has 0 saturated carbocycles. The van der Waals surface area contributed by atoms with E-state index in [1.807, 2.05) is 12.1 Å². The molecule has 152 valence electrons. The number of anilines is 2. The van der Waals surface area contributed by atoms with Gasteiger partial charge in [-0.2, -0.15) is 13.5 Å². The molecule has 1 aliphatic rings. The van der Waals surface area contributed by atoms with E-state index in [1.54, 1.807) is 25.6 Å². The van der Waals surface area contributed by atoms with Crippen molar-refractivity contribution in [2.45, 2.75) is 12.8 Å². The summed E-state index contributed by atoms with van der Waals surface area (Å²) in [7, 11) is 1.78. The van der Waals surface area contributed by atoms with Crippen LogP contribution in [0.2, 0.25) is 0 Å². The maximum Gasteiger partial charge on any atom is 0.257 e. The number of pyridine rings is 1. The molecule has 0 aliphatic carbocycles. The lowest BCUT2D eigenvalue weighted by molar-refractivity contribution is 0.162. The minimum absolute atomic E-state index is 0. The van der Waals surface area contributed by atoms with Gasteiger partial charge in [0, 0.05) is 55.3 Å². The normalized spacial score (nSPS) is 13.2. The number of fused-ring (bicyclic) bond motifs is 1. The van der Waals surface area contributed by atoms with Crippen molar-refractivity contribution in [1.29, 1.82) is 0 Å². The minimum atomic E-state index is 0. The van der Waals surface area contributed by atoms with E-state index in [0.717, 1.165) is 28.4 Å². The molecule has 29 heavy (non-hydrogen) atoms. The van der Waals surface area contributed by atoms with E-state index in [1.165, 1.54) is 6.33 Å². The van der Waals surface area contributed by atoms with E-state index in [0.29, 0.717) is 31.6 Å². The summed E-state index contributed by atoms with van der Waals surface area (Å²) in [5, 5.41) is 6.26. The third kappa shape index (κ3) is 4.65. The van der Waals surface area contributed by atoms with Crippen molar-refractivity contribution in [3.63, 3.8) is 0 Å². The molecule has 1 aliphatic heterocycles. The average molecular weight is 414 g/mol. The highest BCUT2D eigenvalue weighted by Crippen LogP contribution is 2.35. The largest absolute Gasteiger partial charge is 0.484 e. The molecule has 9 nitrogen and oxygen atoms in total. The Bertz CT molecular complexity index is 956. The Morgan fingerprint density at radius 2 is 1.86 bits per heavy atom. The maximum atomic E-state index is 5.76. The van der Waals surface area contributed by atoms with Crippen molar-refractivity contribution < 1.29 is 9.47 Å². The smallest absolute Gasteiger partial charge is 0.257 e. The summed E-state index contributed by atoms with van der Waals surface area (Å²) < 4.78 is 11.3. The zero-order valence-corrected chi connectivity index (χ0v) is 17.2. The predicted molar refractivity (Wildman–Crippen MR) is 115 cm³/mol. The van der Waals surface area contributed by atoms with Gasteiger partial charge in [0.1, 0.15) is 25.4 Å². The SMILES string of the molecule is CNc1ncc(-c2cc(NC[C@@H](C)c3ccnc4c3OCCO4)ncn2)cn1.S. The van der Waals surface area contributed by atoms with Crippen molar-refractivity contribution in [3.8, 4) is 22.9 Å². The lowest BCUT2D eigenvalue weighted by Crippen LogP contribution is -2.19. The monoisotopic (exact) mass is 413 g/mol. The fourth-order valence-electron chi connectivity index (χ4n) is 2.93. The Morgan fingerprint density at radius 3 is 2.66 bits per heavy atom. The van der Waals surface area contributed by atoms with Gasteiger partial charge in [-0.15, -0.1) is 0 Å². The molecule has 4 heterocycles. The standard InChI is InChI=1S/C19H21N7O2.H2S/c1-12(14-3-4-21-18-17(14)27-5-6-28-18)8-22-16-7-15(25-11-26-16)13-9-23-19(20-2)24-10-13;/h3-4,7,9-12H,5-6,8H2,1-2H3,(H,20,23,24)(H,22,25,26);1H2/t12-;/m1./s1. The number of rotatable bonds is 6. The second kappa shape index (κ2) is 9.37. The van der Waals surface area contributed by atoms with E-state index in [2.05, 4.69) is 42.5 Å². The third-order valence-electron chi connectivity index (χ3n) is 4.43. The van der Waals surface area contributed by atoms with Crippen LogP contribution in [0.25, 0.3) is 11.3 Å². The summed E-state index contributed by atoms with van der Waals surface area (Å²) >= 11 is 0. The van der Waals surface area contributed by atoms with E-state index < -0.39 is 0 Å². The molecule has 0 radical (unpaired) electrons. The summed E-state index contributed by atoms with van der Waals surface area (Å²) in [4.78, 5) is 21.3. The molecule has 10 heteroatoms. The molecule has 0 saturated heterocycles. The molecular formula is C19H23N7O2S. The van der Waals surface area contributed by atoms with Crippen LogP contribution in [0.3, 0.4) is 0 Å². The number of nitrogens with zero attached hydrogens (tertiary/aromatic N) is 5. The predicted octanol–water partition coefficient (Wildman–Crippen LogP) is 2.47. The van der Waals surface area contributed by atoms with E-state index >= 15 is 0 Å². The van der Waals surface area contributed by atoms with Gasteiger partial charge in [0.25, 0.3) is 5.88 Å². The van der Waals surface area contributed by atoms with Crippen molar-refractivity contribution in [2.75, 3.05) is 37.4 Å². The van der Waals surface area contributed by atoms with Crippen LogP contribution in [0.5, 0.6) is 11.6 Å². The van der Waals surface area contributed by atoms with Gasteiger partial charge in [-0.25, -0.2) is 24.9 Å². The van der Waals surface area contributed by atoms with Crippen LogP contribution in [0.15, 0.2) is 37.1 Å². The first-order chi connectivity index (χ1) is 13.7. The van der Waals surface area contributed by atoms with Gasteiger partial charge >= 0.3 is 0 Å². The van der Waals surface area contributed by atoms with Gasteiger partial charge < -0.3 is 20.1 Å². The van der Waals surface area contributed by atoms with Crippen LogP contribution < -0.4 is 20.1 Å². The molecule has 0 unspecified atom stereocenters. The highest BCUT2D eigenvalue weighted by atomic mass is 32.1. The van der Waals surface area contributed by atoms with Gasteiger partial charge in [0.15, 0.2) is 5.75 Å². The zero-order valence-electron chi connectivity index (χ0n) is 16.2. The summed E-state index contributed by atoms with van der Waals surface area (Å²) in [6.45, 7) is 3.85. The molecule has 0 amide bonds. The maximum absolute atomic E-state index is 5.76. The molecule has 3 aromatic heterocycles. The van der Waals surface area contributed by atoms with Crippen LogP contribution in [-0.2, 0) is 0 Å². The van der Waals surface area contributed by atoms with Gasteiger partial charge in [-0.1, -0.05) is 6.92 Å². The fraction of sp³-hybridized carbons (Fsp3) is 0.316. The van der Waals surface area contributed by atoms with E-state index in [-0.39, 0.29) is 19.4 Å². The average Bonchev–Trinajstić information content (AvgIpc) is 2.77. The first-order valence-electron chi connectivity index (χ1n) is 9.05. The molecule has 0 spiro atoms. The van der Waals surface area contributed by atoms with Crippen LogP contribution in [-0.4, -0.2) is 51.7 Å². The van der Waals surface area contributed by atoms with E-state index in [9.17, 15) is 0 Å². The summed E-state index contributed by atoms with van der Waals surface area (Å²) in [5.41, 5.74) is 2.64. The molecule has 4 rings (SSSR count). The topological polar surface area (TPSA) is 107 Å². The lowest BCUT2D eigenvalue weighted by Gasteiger charge is -2.22. The quantitative estimate of drug-likeness (QED) is 0.630. The highest BCUT2D eigenvalue weighted by Gasteiger charge is 2.20. The van der Waals surface area contributed by atoms with Gasteiger partial charge in [0.05, 0.1) is 5.69 Å². The molecular weight excluding hydrogens is 390 g/mol. The number of hydrogen-bond donors (Lipinski definition) is 2. The molecule has 3 aromatic rings. The molecule has 1 atom stereocenters. The summed E-state index contributed by atoms with van der Waals surface area (Å²) in [6, 6.07) is 3.85. The number of aromatic nitrogens is 5. The lowest BCUT2D eigenvalue weighted by atomic mass is 10.0. The third-order valence-corrected chi connectivity index (χ3v) is 4.43. The molecule has 2 N–H and O–H groups in total. The highest BCUT2D eigenvalue weighted by molar-refractivity contribution is 7.59. The van der Waals surface area contributed by atoms with Gasteiger partial charge in [-0.3, -0.25) is 0 Å².